The zero-order valence-corrected chi connectivity index (χ0v) is 19.8. The molecule has 1 amide bonds. The van der Waals surface area contributed by atoms with Crippen LogP contribution >= 0.6 is 11.6 Å². The molecule has 1 N–H and O–H groups in total. The van der Waals surface area contributed by atoms with Crippen molar-refractivity contribution < 1.29 is 24.2 Å². The molecule has 7 heteroatoms. The predicted molar refractivity (Wildman–Crippen MR) is 132 cm³/mol. The first kappa shape index (κ1) is 23.4. The number of nitrogens with zero attached hydrogens (tertiary/aromatic N) is 1. The van der Waals surface area contributed by atoms with Crippen LogP contribution in [0.15, 0.2) is 72.3 Å². The number of carbonyl (C=O) groups excluding carboxylic acids is 2. The van der Waals surface area contributed by atoms with E-state index in [9.17, 15) is 14.7 Å². The maximum Gasteiger partial charge on any atom is 0.300 e. The van der Waals surface area contributed by atoms with Crippen LogP contribution in [0.4, 0.5) is 5.69 Å². The summed E-state index contributed by atoms with van der Waals surface area (Å²) in [5, 5.41) is 11.7. The zero-order valence-electron chi connectivity index (χ0n) is 19.0. The molecule has 0 aromatic heterocycles. The summed E-state index contributed by atoms with van der Waals surface area (Å²) in [5.41, 5.74) is 2.46. The predicted octanol–water partition coefficient (Wildman–Crippen LogP) is 5.68. The molecule has 1 atom stereocenters. The number of carbonyl (C=O) groups is 2. The quantitative estimate of drug-likeness (QED) is 0.281. The molecule has 1 aliphatic heterocycles. The van der Waals surface area contributed by atoms with Crippen molar-refractivity contribution in [2.75, 3.05) is 18.6 Å². The van der Waals surface area contributed by atoms with E-state index in [1.54, 1.807) is 42.5 Å². The van der Waals surface area contributed by atoms with Gasteiger partial charge in [-0.2, -0.15) is 0 Å². The van der Waals surface area contributed by atoms with Crippen LogP contribution < -0.4 is 14.4 Å². The van der Waals surface area contributed by atoms with E-state index in [0.717, 1.165) is 5.56 Å². The SMILES string of the molecule is CCOc1cc(/C(O)=C2\C(=O)C(=O)N(c3cccc(OC)c3)C2c2cccc(C)c2)ccc1Cl. The summed E-state index contributed by atoms with van der Waals surface area (Å²) in [6, 6.07) is 18.3. The first-order valence-corrected chi connectivity index (χ1v) is 11.2. The number of aliphatic hydroxyl groups excluding tert-OH is 1. The van der Waals surface area contributed by atoms with Gasteiger partial charge in [-0.25, -0.2) is 0 Å². The third kappa shape index (κ3) is 4.24. The second kappa shape index (κ2) is 9.61. The standard InChI is InChI=1S/C27H24ClNO5/c1-4-34-22-14-18(11-12-21(22)28)25(30)23-24(17-8-5-7-16(2)13-17)29(27(32)26(23)31)19-9-6-10-20(15-19)33-3/h5-15,24,30H,4H2,1-3H3/b25-23+. The molecule has 0 bridgehead atoms. The van der Waals surface area contributed by atoms with Gasteiger partial charge in [-0.1, -0.05) is 47.5 Å². The van der Waals surface area contributed by atoms with Crippen LogP contribution in [0.5, 0.6) is 11.5 Å². The van der Waals surface area contributed by atoms with E-state index in [1.807, 2.05) is 38.1 Å². The average Bonchev–Trinajstić information content (AvgIpc) is 3.10. The van der Waals surface area contributed by atoms with Crippen LogP contribution in [0.2, 0.25) is 5.02 Å². The Balaban J connectivity index is 1.94. The summed E-state index contributed by atoms with van der Waals surface area (Å²) >= 11 is 6.20. The van der Waals surface area contributed by atoms with Crippen LogP contribution in [-0.2, 0) is 9.59 Å². The Morgan fingerprint density at radius 1 is 1.06 bits per heavy atom. The Labute approximate surface area is 203 Å². The number of benzene rings is 3. The van der Waals surface area contributed by atoms with E-state index in [2.05, 4.69) is 0 Å². The lowest BCUT2D eigenvalue weighted by Crippen LogP contribution is -2.29. The van der Waals surface area contributed by atoms with Gasteiger partial charge in [0.25, 0.3) is 11.7 Å². The highest BCUT2D eigenvalue weighted by Crippen LogP contribution is 2.43. The van der Waals surface area contributed by atoms with Crippen LogP contribution in [-0.4, -0.2) is 30.5 Å². The van der Waals surface area contributed by atoms with E-state index in [0.29, 0.717) is 39.9 Å². The van der Waals surface area contributed by atoms with Gasteiger partial charge < -0.3 is 14.6 Å². The Morgan fingerprint density at radius 2 is 1.82 bits per heavy atom. The highest BCUT2D eigenvalue weighted by molar-refractivity contribution is 6.51. The molecule has 1 saturated heterocycles. The second-order valence-corrected chi connectivity index (χ2v) is 8.27. The maximum atomic E-state index is 13.3. The third-order valence-corrected chi connectivity index (χ3v) is 5.95. The first-order chi connectivity index (χ1) is 16.3. The number of rotatable bonds is 6. The molecular weight excluding hydrogens is 454 g/mol. The second-order valence-electron chi connectivity index (χ2n) is 7.86. The highest BCUT2D eigenvalue weighted by atomic mass is 35.5. The normalized spacial score (nSPS) is 17.2. The summed E-state index contributed by atoms with van der Waals surface area (Å²) in [6.07, 6.45) is 0. The molecule has 1 heterocycles. The fourth-order valence-electron chi connectivity index (χ4n) is 4.09. The number of hydrogen-bond acceptors (Lipinski definition) is 5. The monoisotopic (exact) mass is 477 g/mol. The summed E-state index contributed by atoms with van der Waals surface area (Å²) in [6.45, 7) is 4.13. The minimum atomic E-state index is -0.835. The van der Waals surface area contributed by atoms with Crippen LogP contribution in [0.1, 0.15) is 29.7 Å². The van der Waals surface area contributed by atoms with Crippen LogP contribution in [0.3, 0.4) is 0 Å². The molecule has 1 fully saturated rings. The lowest BCUT2D eigenvalue weighted by atomic mass is 9.94. The van der Waals surface area contributed by atoms with E-state index in [-0.39, 0.29) is 11.3 Å². The first-order valence-electron chi connectivity index (χ1n) is 10.8. The molecule has 0 radical (unpaired) electrons. The summed E-state index contributed by atoms with van der Waals surface area (Å²) < 4.78 is 10.9. The maximum absolute atomic E-state index is 13.3. The number of ketones is 1. The number of ether oxygens (including phenoxy) is 2. The van der Waals surface area contributed by atoms with Crippen molar-refractivity contribution in [2.24, 2.45) is 0 Å². The molecule has 174 valence electrons. The molecule has 0 aliphatic carbocycles. The topological polar surface area (TPSA) is 76.1 Å². The molecule has 0 spiro atoms. The van der Waals surface area contributed by atoms with Gasteiger partial charge in [0.05, 0.1) is 30.4 Å². The van der Waals surface area contributed by atoms with Gasteiger partial charge in [0, 0.05) is 17.3 Å². The van der Waals surface area contributed by atoms with Crippen molar-refractivity contribution in [2.45, 2.75) is 19.9 Å². The lowest BCUT2D eigenvalue weighted by molar-refractivity contribution is -0.132. The number of anilines is 1. The Bertz CT molecular complexity index is 1300. The largest absolute Gasteiger partial charge is 0.507 e. The molecule has 3 aromatic rings. The van der Waals surface area contributed by atoms with Crippen molar-refractivity contribution in [3.05, 3.63) is 94.0 Å². The van der Waals surface area contributed by atoms with Gasteiger partial charge in [-0.15, -0.1) is 0 Å². The van der Waals surface area contributed by atoms with Gasteiger partial charge >= 0.3 is 0 Å². The molecular formula is C27H24ClNO5. The van der Waals surface area contributed by atoms with Crippen molar-refractivity contribution in [3.63, 3.8) is 0 Å². The molecule has 1 unspecified atom stereocenters. The van der Waals surface area contributed by atoms with Gasteiger partial charge in [0.15, 0.2) is 0 Å². The zero-order chi connectivity index (χ0) is 24.4. The van der Waals surface area contributed by atoms with E-state index >= 15 is 0 Å². The van der Waals surface area contributed by atoms with Crippen molar-refractivity contribution in [1.82, 2.24) is 0 Å². The lowest BCUT2D eigenvalue weighted by Gasteiger charge is -2.26. The Kier molecular flexibility index (Phi) is 6.61. The number of methoxy groups -OCH3 is 1. The average molecular weight is 478 g/mol. The van der Waals surface area contributed by atoms with Crippen LogP contribution in [0, 0.1) is 6.92 Å². The minimum absolute atomic E-state index is 0.0109. The van der Waals surface area contributed by atoms with E-state index < -0.39 is 17.7 Å². The fraction of sp³-hybridized carbons (Fsp3) is 0.185. The fourth-order valence-corrected chi connectivity index (χ4v) is 4.26. The number of aryl methyl sites for hydroxylation is 1. The summed E-state index contributed by atoms with van der Waals surface area (Å²) in [4.78, 5) is 28.0. The molecule has 34 heavy (non-hydrogen) atoms. The van der Waals surface area contributed by atoms with Crippen LogP contribution in [0.25, 0.3) is 5.76 Å². The van der Waals surface area contributed by atoms with Crippen molar-refractivity contribution in [3.8, 4) is 11.5 Å². The number of amides is 1. The summed E-state index contributed by atoms with van der Waals surface area (Å²) in [7, 11) is 1.53. The minimum Gasteiger partial charge on any atom is -0.507 e. The molecule has 3 aromatic carbocycles. The van der Waals surface area contributed by atoms with Crippen molar-refractivity contribution >= 4 is 34.7 Å². The van der Waals surface area contributed by atoms with E-state index in [4.69, 9.17) is 21.1 Å². The Hall–Kier alpha value is -3.77. The molecule has 6 nitrogen and oxygen atoms in total. The van der Waals surface area contributed by atoms with E-state index in [1.165, 1.54) is 12.0 Å². The van der Waals surface area contributed by atoms with Crippen molar-refractivity contribution in [1.29, 1.82) is 0 Å². The molecule has 0 saturated carbocycles. The number of aliphatic hydroxyl groups is 1. The molecule has 4 rings (SSSR count). The van der Waals surface area contributed by atoms with Gasteiger partial charge in [-0.05, 0) is 49.7 Å². The highest BCUT2D eigenvalue weighted by Gasteiger charge is 2.47. The third-order valence-electron chi connectivity index (χ3n) is 5.64. The van der Waals surface area contributed by atoms with Gasteiger partial charge in [-0.3, -0.25) is 14.5 Å². The number of hydrogen-bond donors (Lipinski definition) is 1. The Morgan fingerprint density at radius 3 is 2.53 bits per heavy atom. The molecule has 1 aliphatic rings. The number of halogens is 1. The summed E-state index contributed by atoms with van der Waals surface area (Å²) in [5.74, 6) is -0.892. The van der Waals surface area contributed by atoms with Gasteiger partial charge in [0.2, 0.25) is 0 Å². The number of Topliss-reactive ketones (excluding diaryl/α,β-unsaturated/α-hetero) is 1. The van der Waals surface area contributed by atoms with Gasteiger partial charge in [0.1, 0.15) is 17.3 Å². The smallest absolute Gasteiger partial charge is 0.300 e.